The van der Waals surface area contributed by atoms with E-state index in [1.807, 2.05) is 31.2 Å². The number of rotatable bonds is 4. The van der Waals surface area contributed by atoms with E-state index in [0.717, 1.165) is 11.3 Å². The maximum Gasteiger partial charge on any atom is 0.238 e. The molecule has 1 heterocycles. The number of anilines is 1. The van der Waals surface area contributed by atoms with Crippen molar-refractivity contribution in [3.05, 3.63) is 29.8 Å². The summed E-state index contributed by atoms with van der Waals surface area (Å²) < 4.78 is 22.5. The van der Waals surface area contributed by atoms with Crippen molar-refractivity contribution in [2.24, 2.45) is 0 Å². The van der Waals surface area contributed by atoms with Crippen LogP contribution in [0.4, 0.5) is 5.69 Å². The van der Waals surface area contributed by atoms with Crippen LogP contribution in [-0.2, 0) is 14.6 Å². The highest BCUT2D eigenvalue weighted by Crippen LogP contribution is 2.11. The summed E-state index contributed by atoms with van der Waals surface area (Å²) in [5.41, 5.74) is 1.83. The van der Waals surface area contributed by atoms with Gasteiger partial charge in [0.1, 0.15) is 0 Å². The Morgan fingerprint density at radius 3 is 2.84 bits per heavy atom. The largest absolute Gasteiger partial charge is 0.325 e. The van der Waals surface area contributed by atoms with E-state index in [2.05, 4.69) is 10.6 Å². The molecule has 0 spiro atoms. The van der Waals surface area contributed by atoms with Crippen molar-refractivity contribution in [1.29, 1.82) is 0 Å². The lowest BCUT2D eigenvalue weighted by atomic mass is 10.2. The summed E-state index contributed by atoms with van der Waals surface area (Å²) in [5.74, 6) is 0.185. The first-order valence-corrected chi connectivity index (χ1v) is 8.07. The molecule has 19 heavy (non-hydrogen) atoms. The zero-order valence-corrected chi connectivity index (χ0v) is 11.7. The first kappa shape index (κ1) is 14.0. The molecule has 0 saturated carbocycles. The molecule has 1 saturated heterocycles. The SMILES string of the molecule is Cc1cccc(NC(=O)CNC2CCS(=O)(=O)C2)c1. The molecule has 1 aromatic carbocycles. The molecule has 1 aliphatic heterocycles. The number of aryl methyl sites for hydroxylation is 1. The predicted octanol–water partition coefficient (Wildman–Crippen LogP) is 0.710. The second-order valence-corrected chi connectivity index (χ2v) is 7.13. The molecule has 1 fully saturated rings. The van der Waals surface area contributed by atoms with Gasteiger partial charge in [0.2, 0.25) is 5.91 Å². The number of hydrogen-bond donors (Lipinski definition) is 2. The molecule has 0 radical (unpaired) electrons. The van der Waals surface area contributed by atoms with Crippen molar-refractivity contribution in [3.63, 3.8) is 0 Å². The normalized spacial score (nSPS) is 21.2. The van der Waals surface area contributed by atoms with E-state index >= 15 is 0 Å². The molecule has 2 N–H and O–H groups in total. The Balaban J connectivity index is 1.79. The number of carbonyl (C=O) groups excluding carboxylic acids is 1. The summed E-state index contributed by atoms with van der Waals surface area (Å²) in [6.07, 6.45) is 0.583. The van der Waals surface area contributed by atoms with E-state index in [9.17, 15) is 13.2 Å². The molecular formula is C13H18N2O3S. The number of amides is 1. The van der Waals surface area contributed by atoms with Gasteiger partial charge in [-0.15, -0.1) is 0 Å². The molecule has 1 aliphatic rings. The Labute approximate surface area is 113 Å². The summed E-state index contributed by atoms with van der Waals surface area (Å²) in [6, 6.07) is 7.44. The topological polar surface area (TPSA) is 75.3 Å². The van der Waals surface area contributed by atoms with Crippen LogP contribution in [0.2, 0.25) is 0 Å². The lowest BCUT2D eigenvalue weighted by Gasteiger charge is -2.11. The minimum Gasteiger partial charge on any atom is -0.325 e. The molecule has 1 aromatic rings. The third kappa shape index (κ3) is 4.33. The molecule has 1 amide bonds. The Hall–Kier alpha value is -1.40. The van der Waals surface area contributed by atoms with Crippen molar-refractivity contribution in [2.45, 2.75) is 19.4 Å². The van der Waals surface area contributed by atoms with Gasteiger partial charge in [-0.2, -0.15) is 0 Å². The Morgan fingerprint density at radius 2 is 2.21 bits per heavy atom. The average molecular weight is 282 g/mol. The molecule has 0 aromatic heterocycles. The molecular weight excluding hydrogens is 264 g/mol. The Bertz CT molecular complexity index is 569. The molecule has 104 valence electrons. The highest BCUT2D eigenvalue weighted by atomic mass is 32.2. The molecule has 5 nitrogen and oxygen atoms in total. The Kier molecular flexibility index (Phi) is 4.21. The minimum absolute atomic E-state index is 0.103. The van der Waals surface area contributed by atoms with Crippen molar-refractivity contribution in [1.82, 2.24) is 5.32 Å². The van der Waals surface area contributed by atoms with Gasteiger partial charge in [0, 0.05) is 11.7 Å². The van der Waals surface area contributed by atoms with Crippen molar-refractivity contribution in [2.75, 3.05) is 23.4 Å². The molecule has 2 rings (SSSR count). The van der Waals surface area contributed by atoms with E-state index in [0.29, 0.717) is 6.42 Å². The number of benzene rings is 1. The minimum atomic E-state index is -2.90. The van der Waals surface area contributed by atoms with Crippen LogP contribution in [0, 0.1) is 6.92 Å². The van der Waals surface area contributed by atoms with Crippen LogP contribution in [0.1, 0.15) is 12.0 Å². The monoisotopic (exact) mass is 282 g/mol. The maximum absolute atomic E-state index is 11.7. The lowest BCUT2D eigenvalue weighted by Crippen LogP contribution is -2.36. The maximum atomic E-state index is 11.7. The summed E-state index contributed by atoms with van der Waals surface area (Å²) in [6.45, 7) is 2.09. The summed E-state index contributed by atoms with van der Waals surface area (Å²) in [5, 5.41) is 5.76. The van der Waals surface area contributed by atoms with Gasteiger partial charge < -0.3 is 10.6 Å². The van der Waals surface area contributed by atoms with Crippen LogP contribution >= 0.6 is 0 Å². The Morgan fingerprint density at radius 1 is 1.42 bits per heavy atom. The number of carbonyl (C=O) groups is 1. The van der Waals surface area contributed by atoms with E-state index < -0.39 is 9.84 Å². The zero-order chi connectivity index (χ0) is 13.9. The standard InChI is InChI=1S/C13H18N2O3S/c1-10-3-2-4-11(7-10)15-13(16)8-14-12-5-6-19(17,18)9-12/h2-4,7,12,14H,5-6,8-9H2,1H3,(H,15,16). The van der Waals surface area contributed by atoms with Gasteiger partial charge >= 0.3 is 0 Å². The van der Waals surface area contributed by atoms with Gasteiger partial charge in [-0.1, -0.05) is 12.1 Å². The quantitative estimate of drug-likeness (QED) is 0.853. The van der Waals surface area contributed by atoms with Crippen LogP contribution in [0.25, 0.3) is 0 Å². The smallest absolute Gasteiger partial charge is 0.238 e. The zero-order valence-electron chi connectivity index (χ0n) is 10.8. The highest BCUT2D eigenvalue weighted by molar-refractivity contribution is 7.91. The first-order valence-electron chi connectivity index (χ1n) is 6.25. The molecule has 1 atom stereocenters. The van der Waals surface area contributed by atoms with Crippen molar-refractivity contribution < 1.29 is 13.2 Å². The van der Waals surface area contributed by atoms with E-state index in [-0.39, 0.29) is 30.0 Å². The summed E-state index contributed by atoms with van der Waals surface area (Å²) in [4.78, 5) is 11.7. The third-order valence-corrected chi connectivity index (χ3v) is 4.85. The predicted molar refractivity (Wildman–Crippen MR) is 74.9 cm³/mol. The third-order valence-electron chi connectivity index (χ3n) is 3.09. The van der Waals surface area contributed by atoms with E-state index in [1.165, 1.54) is 0 Å². The molecule has 0 bridgehead atoms. The number of nitrogens with one attached hydrogen (secondary N) is 2. The van der Waals surface area contributed by atoms with Crippen LogP contribution < -0.4 is 10.6 Å². The number of hydrogen-bond acceptors (Lipinski definition) is 4. The van der Waals surface area contributed by atoms with Crippen LogP contribution in [-0.4, -0.2) is 38.4 Å². The van der Waals surface area contributed by atoms with Gasteiger partial charge in [-0.3, -0.25) is 4.79 Å². The second kappa shape index (κ2) is 5.71. The van der Waals surface area contributed by atoms with Gasteiger partial charge in [0.05, 0.1) is 18.1 Å². The molecule has 1 unspecified atom stereocenters. The van der Waals surface area contributed by atoms with E-state index in [1.54, 1.807) is 0 Å². The van der Waals surface area contributed by atoms with Gasteiger partial charge in [-0.25, -0.2) is 8.42 Å². The highest BCUT2D eigenvalue weighted by Gasteiger charge is 2.27. The van der Waals surface area contributed by atoms with Gasteiger partial charge in [0.25, 0.3) is 0 Å². The van der Waals surface area contributed by atoms with Gasteiger partial charge in [-0.05, 0) is 31.0 Å². The first-order chi connectivity index (χ1) is 8.94. The molecule has 0 aliphatic carbocycles. The molecule has 6 heteroatoms. The van der Waals surface area contributed by atoms with Crippen LogP contribution in [0.3, 0.4) is 0 Å². The fourth-order valence-corrected chi connectivity index (χ4v) is 3.83. The summed E-state index contributed by atoms with van der Waals surface area (Å²) in [7, 11) is -2.90. The van der Waals surface area contributed by atoms with E-state index in [4.69, 9.17) is 0 Å². The van der Waals surface area contributed by atoms with Gasteiger partial charge in [0.15, 0.2) is 9.84 Å². The second-order valence-electron chi connectivity index (χ2n) is 4.90. The fraction of sp³-hybridized carbons (Fsp3) is 0.462. The van der Waals surface area contributed by atoms with Crippen LogP contribution in [0.15, 0.2) is 24.3 Å². The van der Waals surface area contributed by atoms with Crippen molar-refractivity contribution in [3.8, 4) is 0 Å². The van der Waals surface area contributed by atoms with Crippen LogP contribution in [0.5, 0.6) is 0 Å². The number of sulfone groups is 1. The summed E-state index contributed by atoms with van der Waals surface area (Å²) >= 11 is 0. The lowest BCUT2D eigenvalue weighted by molar-refractivity contribution is -0.115. The average Bonchev–Trinajstić information content (AvgIpc) is 2.66. The fourth-order valence-electron chi connectivity index (χ4n) is 2.12. The van der Waals surface area contributed by atoms with Crippen molar-refractivity contribution >= 4 is 21.4 Å².